The summed E-state index contributed by atoms with van der Waals surface area (Å²) in [6.07, 6.45) is 1.18. The van der Waals surface area contributed by atoms with Crippen LogP contribution in [0.15, 0.2) is 0 Å². The Morgan fingerprint density at radius 3 is 2.92 bits per heavy atom. The van der Waals surface area contributed by atoms with Crippen LogP contribution >= 0.6 is 0 Å². The van der Waals surface area contributed by atoms with E-state index in [2.05, 4.69) is 24.1 Å². The van der Waals surface area contributed by atoms with Crippen molar-refractivity contribution in [2.45, 2.75) is 38.9 Å². The van der Waals surface area contributed by atoms with E-state index in [1.807, 2.05) is 0 Å². The van der Waals surface area contributed by atoms with E-state index in [4.69, 9.17) is 0 Å². The van der Waals surface area contributed by atoms with Gasteiger partial charge in [-0.25, -0.2) is 4.39 Å². The largest absolute Gasteiger partial charge is 0.313 e. The van der Waals surface area contributed by atoms with Gasteiger partial charge in [-0.1, -0.05) is 13.8 Å². The molecule has 1 saturated heterocycles. The molecule has 2 nitrogen and oxygen atoms in total. The second kappa shape index (κ2) is 5.55. The van der Waals surface area contributed by atoms with Crippen LogP contribution in [0.2, 0.25) is 0 Å². The summed E-state index contributed by atoms with van der Waals surface area (Å²) in [6.45, 7) is 7.94. The lowest BCUT2D eigenvalue weighted by molar-refractivity contribution is 0.139. The highest BCUT2D eigenvalue weighted by atomic mass is 19.1. The van der Waals surface area contributed by atoms with Crippen molar-refractivity contribution in [3.8, 4) is 0 Å². The molecule has 1 aliphatic heterocycles. The molecule has 1 N–H and O–H groups in total. The first-order valence-electron chi connectivity index (χ1n) is 5.28. The average molecular weight is 188 g/mol. The van der Waals surface area contributed by atoms with Crippen LogP contribution in [-0.2, 0) is 0 Å². The number of nitrogens with zero attached hydrogens (tertiary/aromatic N) is 1. The summed E-state index contributed by atoms with van der Waals surface area (Å²) >= 11 is 0. The van der Waals surface area contributed by atoms with Gasteiger partial charge in [0.25, 0.3) is 0 Å². The maximum atomic E-state index is 13.0. The summed E-state index contributed by atoms with van der Waals surface area (Å²) in [5.74, 6) is 0. The number of nitrogens with one attached hydrogen (secondary N) is 1. The molecule has 0 amide bonds. The van der Waals surface area contributed by atoms with Crippen LogP contribution in [0.4, 0.5) is 4.39 Å². The van der Waals surface area contributed by atoms with Gasteiger partial charge in [-0.05, 0) is 19.4 Å². The van der Waals surface area contributed by atoms with E-state index in [9.17, 15) is 4.39 Å². The minimum Gasteiger partial charge on any atom is -0.313 e. The molecule has 1 unspecified atom stereocenters. The smallest absolute Gasteiger partial charge is 0.113 e. The SMILES string of the molecule is CC(C)NCCN1CCCC(F)C1. The van der Waals surface area contributed by atoms with E-state index in [1.54, 1.807) is 0 Å². The van der Waals surface area contributed by atoms with E-state index < -0.39 is 6.17 Å². The predicted octanol–water partition coefficient (Wildman–Crippen LogP) is 1.42. The molecular weight excluding hydrogens is 167 g/mol. The molecular formula is C10H21FN2. The lowest BCUT2D eigenvalue weighted by Crippen LogP contribution is -2.41. The van der Waals surface area contributed by atoms with Crippen molar-refractivity contribution in [1.29, 1.82) is 0 Å². The number of halogens is 1. The Morgan fingerprint density at radius 1 is 1.54 bits per heavy atom. The van der Waals surface area contributed by atoms with Crippen LogP contribution in [-0.4, -0.2) is 43.3 Å². The van der Waals surface area contributed by atoms with E-state index in [0.29, 0.717) is 12.6 Å². The monoisotopic (exact) mass is 188 g/mol. The Morgan fingerprint density at radius 2 is 2.31 bits per heavy atom. The van der Waals surface area contributed by atoms with E-state index in [1.165, 1.54) is 0 Å². The summed E-state index contributed by atoms with van der Waals surface area (Å²) in [5, 5.41) is 3.34. The van der Waals surface area contributed by atoms with Crippen molar-refractivity contribution in [1.82, 2.24) is 10.2 Å². The molecule has 0 aromatic heterocycles. The fourth-order valence-electron chi connectivity index (χ4n) is 1.71. The molecule has 0 bridgehead atoms. The quantitative estimate of drug-likeness (QED) is 0.718. The highest BCUT2D eigenvalue weighted by Crippen LogP contribution is 2.11. The Balaban J connectivity index is 2.06. The molecule has 0 aliphatic carbocycles. The van der Waals surface area contributed by atoms with E-state index in [-0.39, 0.29) is 0 Å². The summed E-state index contributed by atoms with van der Waals surface area (Å²) < 4.78 is 13.0. The third-order valence-corrected chi connectivity index (χ3v) is 2.43. The maximum absolute atomic E-state index is 13.0. The van der Waals surface area contributed by atoms with Gasteiger partial charge in [0.05, 0.1) is 0 Å². The molecule has 1 fully saturated rings. The Hall–Kier alpha value is -0.150. The summed E-state index contributed by atoms with van der Waals surface area (Å²) in [4.78, 5) is 2.21. The third kappa shape index (κ3) is 4.58. The zero-order valence-electron chi connectivity index (χ0n) is 8.72. The molecule has 0 saturated carbocycles. The van der Waals surface area contributed by atoms with Gasteiger partial charge in [0, 0.05) is 25.7 Å². The normalized spacial score (nSPS) is 25.4. The van der Waals surface area contributed by atoms with Crippen molar-refractivity contribution in [3.63, 3.8) is 0 Å². The summed E-state index contributed by atoms with van der Waals surface area (Å²) in [5.41, 5.74) is 0. The van der Waals surface area contributed by atoms with E-state index in [0.717, 1.165) is 32.5 Å². The van der Waals surface area contributed by atoms with Crippen molar-refractivity contribution in [2.75, 3.05) is 26.2 Å². The van der Waals surface area contributed by atoms with Gasteiger partial charge in [-0.2, -0.15) is 0 Å². The average Bonchev–Trinajstić information content (AvgIpc) is 2.03. The first kappa shape index (κ1) is 10.9. The van der Waals surface area contributed by atoms with Crippen LogP contribution < -0.4 is 5.32 Å². The van der Waals surface area contributed by atoms with Crippen LogP contribution in [0.3, 0.4) is 0 Å². The minimum absolute atomic E-state index is 0.533. The molecule has 78 valence electrons. The maximum Gasteiger partial charge on any atom is 0.113 e. The highest BCUT2D eigenvalue weighted by molar-refractivity contribution is 4.72. The van der Waals surface area contributed by atoms with Crippen molar-refractivity contribution in [3.05, 3.63) is 0 Å². The Bertz CT molecular complexity index is 139. The molecule has 0 aromatic carbocycles. The summed E-state index contributed by atoms with van der Waals surface area (Å²) in [7, 11) is 0. The minimum atomic E-state index is -0.590. The van der Waals surface area contributed by atoms with Crippen molar-refractivity contribution in [2.24, 2.45) is 0 Å². The van der Waals surface area contributed by atoms with Crippen molar-refractivity contribution < 1.29 is 4.39 Å². The van der Waals surface area contributed by atoms with Gasteiger partial charge in [-0.15, -0.1) is 0 Å². The molecule has 0 radical (unpaired) electrons. The van der Waals surface area contributed by atoms with E-state index >= 15 is 0 Å². The Labute approximate surface area is 80.5 Å². The van der Waals surface area contributed by atoms with Crippen LogP contribution in [0.5, 0.6) is 0 Å². The molecule has 1 rings (SSSR count). The number of likely N-dealkylation sites (tertiary alicyclic amines) is 1. The van der Waals surface area contributed by atoms with Crippen LogP contribution in [0, 0.1) is 0 Å². The van der Waals surface area contributed by atoms with Gasteiger partial charge in [0.2, 0.25) is 0 Å². The number of piperidine rings is 1. The molecule has 1 aliphatic rings. The molecule has 1 atom stereocenters. The van der Waals surface area contributed by atoms with Gasteiger partial charge in [0.15, 0.2) is 0 Å². The molecule has 0 spiro atoms. The van der Waals surface area contributed by atoms with Crippen LogP contribution in [0.1, 0.15) is 26.7 Å². The predicted molar refractivity (Wildman–Crippen MR) is 53.7 cm³/mol. The summed E-state index contributed by atoms with van der Waals surface area (Å²) in [6, 6.07) is 0.533. The second-order valence-electron chi connectivity index (χ2n) is 4.15. The molecule has 3 heteroatoms. The zero-order chi connectivity index (χ0) is 9.68. The van der Waals surface area contributed by atoms with Gasteiger partial charge in [0.1, 0.15) is 6.17 Å². The fourth-order valence-corrected chi connectivity index (χ4v) is 1.71. The standard InChI is InChI=1S/C10H21FN2/c1-9(2)12-5-7-13-6-3-4-10(11)8-13/h9-10,12H,3-8H2,1-2H3. The lowest BCUT2D eigenvalue weighted by Gasteiger charge is -2.29. The highest BCUT2D eigenvalue weighted by Gasteiger charge is 2.18. The lowest BCUT2D eigenvalue weighted by atomic mass is 10.1. The Kier molecular flexibility index (Phi) is 4.67. The van der Waals surface area contributed by atoms with Gasteiger partial charge < -0.3 is 5.32 Å². The second-order valence-corrected chi connectivity index (χ2v) is 4.15. The van der Waals surface area contributed by atoms with Gasteiger partial charge in [-0.3, -0.25) is 4.90 Å². The zero-order valence-corrected chi connectivity index (χ0v) is 8.72. The number of alkyl halides is 1. The number of hydrogen-bond donors (Lipinski definition) is 1. The molecule has 13 heavy (non-hydrogen) atoms. The first-order chi connectivity index (χ1) is 6.18. The van der Waals surface area contributed by atoms with Gasteiger partial charge >= 0.3 is 0 Å². The first-order valence-corrected chi connectivity index (χ1v) is 5.28. The molecule has 1 heterocycles. The molecule has 0 aromatic rings. The third-order valence-electron chi connectivity index (χ3n) is 2.43. The number of rotatable bonds is 4. The topological polar surface area (TPSA) is 15.3 Å². The van der Waals surface area contributed by atoms with Crippen molar-refractivity contribution >= 4 is 0 Å². The number of hydrogen-bond acceptors (Lipinski definition) is 2. The van der Waals surface area contributed by atoms with Crippen LogP contribution in [0.25, 0.3) is 0 Å². The fraction of sp³-hybridized carbons (Fsp3) is 1.00.